The third-order valence-corrected chi connectivity index (χ3v) is 4.38. The highest BCUT2D eigenvalue weighted by Crippen LogP contribution is 2.30. The van der Waals surface area contributed by atoms with Crippen LogP contribution in [-0.2, 0) is 6.61 Å². The summed E-state index contributed by atoms with van der Waals surface area (Å²) in [6.45, 7) is 0.345. The summed E-state index contributed by atoms with van der Waals surface area (Å²) in [5.74, 6) is 1.16. The lowest BCUT2D eigenvalue weighted by atomic mass is 10.1. The molecule has 0 radical (unpaired) electrons. The van der Waals surface area contributed by atoms with Gasteiger partial charge in [0.05, 0.1) is 7.11 Å². The maximum Gasteiger partial charge on any atom is 0.185 e. The fraction of sp³-hybridized carbons (Fsp3) is 0.0870. The Balaban J connectivity index is 1.71. The molecule has 0 fully saturated rings. The van der Waals surface area contributed by atoms with E-state index >= 15 is 0 Å². The monoisotopic (exact) mass is 378 g/mol. The van der Waals surface area contributed by atoms with Gasteiger partial charge in [0.15, 0.2) is 17.3 Å². The van der Waals surface area contributed by atoms with Crippen LogP contribution in [0.5, 0.6) is 11.5 Å². The third kappa shape index (κ3) is 4.99. The van der Waals surface area contributed by atoms with Crippen molar-refractivity contribution in [3.05, 3.63) is 101 Å². The molecule has 0 N–H and O–H groups in total. The maximum absolute atomic E-state index is 12.2. The summed E-state index contributed by atoms with van der Waals surface area (Å²) < 4.78 is 11.3. The van der Waals surface area contributed by atoms with E-state index in [4.69, 9.17) is 21.1 Å². The Morgan fingerprint density at radius 2 is 1.70 bits per heavy atom. The van der Waals surface area contributed by atoms with Crippen molar-refractivity contribution in [3.8, 4) is 11.5 Å². The number of ketones is 1. The van der Waals surface area contributed by atoms with Crippen molar-refractivity contribution in [1.82, 2.24) is 0 Å². The summed E-state index contributed by atoms with van der Waals surface area (Å²) in [6, 6.07) is 22.2. The molecule has 0 saturated carbocycles. The lowest BCUT2D eigenvalue weighted by Gasteiger charge is -2.12. The molecule has 3 nitrogen and oxygen atoms in total. The van der Waals surface area contributed by atoms with Gasteiger partial charge < -0.3 is 9.47 Å². The fourth-order valence-corrected chi connectivity index (χ4v) is 2.74. The van der Waals surface area contributed by atoms with E-state index in [-0.39, 0.29) is 5.78 Å². The average Bonchev–Trinajstić information content (AvgIpc) is 2.72. The normalized spacial score (nSPS) is 10.7. The molecule has 0 bridgehead atoms. The molecule has 3 aromatic rings. The summed E-state index contributed by atoms with van der Waals surface area (Å²) >= 11 is 6.16. The molecule has 3 rings (SSSR count). The van der Waals surface area contributed by atoms with Gasteiger partial charge in [0, 0.05) is 16.1 Å². The molecule has 0 spiro atoms. The Hall–Kier alpha value is -3.04. The minimum atomic E-state index is -0.0476. The molecule has 0 aliphatic heterocycles. The van der Waals surface area contributed by atoms with Crippen LogP contribution in [0.25, 0.3) is 6.08 Å². The molecule has 0 atom stereocenters. The van der Waals surface area contributed by atoms with Crippen LogP contribution < -0.4 is 9.47 Å². The first kappa shape index (κ1) is 18.7. The highest BCUT2D eigenvalue weighted by molar-refractivity contribution is 6.31. The number of carbonyl (C=O) groups excluding carboxylic acids is 1. The van der Waals surface area contributed by atoms with Crippen LogP contribution >= 0.6 is 11.6 Å². The van der Waals surface area contributed by atoms with Crippen LogP contribution in [0.1, 0.15) is 21.5 Å². The van der Waals surface area contributed by atoms with E-state index in [0.717, 1.165) is 11.1 Å². The molecule has 0 aliphatic carbocycles. The number of carbonyl (C=O) groups is 1. The molecule has 0 aromatic heterocycles. The molecule has 0 amide bonds. The lowest BCUT2D eigenvalue weighted by molar-refractivity contribution is 0.104. The largest absolute Gasteiger partial charge is 0.493 e. The van der Waals surface area contributed by atoms with Crippen molar-refractivity contribution in [2.75, 3.05) is 7.11 Å². The van der Waals surface area contributed by atoms with E-state index in [2.05, 4.69) is 0 Å². The number of hydrogen-bond donors (Lipinski definition) is 0. The first-order chi connectivity index (χ1) is 13.2. The zero-order valence-electron chi connectivity index (χ0n) is 14.9. The Morgan fingerprint density at radius 3 is 2.44 bits per heavy atom. The second-order valence-corrected chi connectivity index (χ2v) is 6.26. The van der Waals surface area contributed by atoms with Gasteiger partial charge in [0.1, 0.15) is 6.61 Å². The van der Waals surface area contributed by atoms with Gasteiger partial charge in [-0.05, 0) is 29.8 Å². The second kappa shape index (κ2) is 9.06. The molecule has 136 valence electrons. The third-order valence-electron chi connectivity index (χ3n) is 4.01. The predicted octanol–water partition coefficient (Wildman–Crippen LogP) is 5.82. The van der Waals surface area contributed by atoms with Crippen molar-refractivity contribution in [1.29, 1.82) is 0 Å². The fourth-order valence-electron chi connectivity index (χ4n) is 2.55. The minimum absolute atomic E-state index is 0.0476. The van der Waals surface area contributed by atoms with E-state index in [1.54, 1.807) is 31.4 Å². The van der Waals surface area contributed by atoms with Gasteiger partial charge >= 0.3 is 0 Å². The molecule has 0 aliphatic rings. The molecule has 3 aromatic carbocycles. The van der Waals surface area contributed by atoms with Crippen LogP contribution in [0.4, 0.5) is 0 Å². The highest BCUT2D eigenvalue weighted by atomic mass is 35.5. The summed E-state index contributed by atoms with van der Waals surface area (Å²) in [6.07, 6.45) is 3.31. The Bertz CT molecular complexity index is 949. The smallest absolute Gasteiger partial charge is 0.185 e. The maximum atomic E-state index is 12.2. The Morgan fingerprint density at radius 1 is 0.963 bits per heavy atom. The summed E-state index contributed by atoms with van der Waals surface area (Å²) in [5.41, 5.74) is 2.40. The van der Waals surface area contributed by atoms with Gasteiger partial charge in [-0.3, -0.25) is 4.79 Å². The first-order valence-electron chi connectivity index (χ1n) is 8.49. The zero-order valence-corrected chi connectivity index (χ0v) is 15.6. The first-order valence-corrected chi connectivity index (χ1v) is 8.87. The standard InChI is InChI=1S/C23H19ClO3/c1-26-23-15-17(11-13-21(25)18-7-3-2-4-8-18)12-14-22(23)27-16-19-9-5-6-10-20(19)24/h2-15H,16H2,1H3/b13-11+. The van der Waals surface area contributed by atoms with Crippen LogP contribution in [0.3, 0.4) is 0 Å². The summed E-state index contributed by atoms with van der Waals surface area (Å²) in [7, 11) is 1.58. The zero-order chi connectivity index (χ0) is 19.1. The Labute approximate surface area is 163 Å². The molecule has 0 heterocycles. The lowest BCUT2D eigenvalue weighted by Crippen LogP contribution is -1.98. The van der Waals surface area contributed by atoms with Crippen LogP contribution in [-0.4, -0.2) is 12.9 Å². The van der Waals surface area contributed by atoms with Crippen LogP contribution in [0, 0.1) is 0 Å². The topological polar surface area (TPSA) is 35.5 Å². The van der Waals surface area contributed by atoms with E-state index < -0.39 is 0 Å². The number of benzene rings is 3. The van der Waals surface area contributed by atoms with E-state index in [9.17, 15) is 4.79 Å². The Kier molecular flexibility index (Phi) is 6.29. The van der Waals surface area contributed by atoms with Gasteiger partial charge in [0.2, 0.25) is 0 Å². The predicted molar refractivity (Wildman–Crippen MR) is 109 cm³/mol. The number of halogens is 1. The summed E-state index contributed by atoms with van der Waals surface area (Å²) in [5, 5.41) is 0.662. The van der Waals surface area contributed by atoms with Crippen LogP contribution in [0.15, 0.2) is 78.9 Å². The van der Waals surface area contributed by atoms with Gasteiger partial charge in [-0.1, -0.05) is 72.3 Å². The average molecular weight is 379 g/mol. The number of ether oxygens (including phenoxy) is 2. The van der Waals surface area contributed by atoms with Gasteiger partial charge in [-0.15, -0.1) is 0 Å². The molecular formula is C23H19ClO3. The van der Waals surface area contributed by atoms with E-state index in [1.807, 2.05) is 60.7 Å². The number of rotatable bonds is 7. The number of methoxy groups -OCH3 is 1. The number of allylic oxidation sites excluding steroid dienone is 1. The van der Waals surface area contributed by atoms with E-state index in [1.165, 1.54) is 0 Å². The van der Waals surface area contributed by atoms with Crippen molar-refractivity contribution >= 4 is 23.5 Å². The van der Waals surface area contributed by atoms with Gasteiger partial charge in [0.25, 0.3) is 0 Å². The quantitative estimate of drug-likeness (QED) is 0.383. The van der Waals surface area contributed by atoms with Crippen molar-refractivity contribution in [2.45, 2.75) is 6.61 Å². The molecule has 27 heavy (non-hydrogen) atoms. The molecule has 0 saturated heterocycles. The molecular weight excluding hydrogens is 360 g/mol. The highest BCUT2D eigenvalue weighted by Gasteiger charge is 2.07. The van der Waals surface area contributed by atoms with Gasteiger partial charge in [-0.2, -0.15) is 0 Å². The van der Waals surface area contributed by atoms with Crippen LogP contribution in [0.2, 0.25) is 5.02 Å². The summed E-state index contributed by atoms with van der Waals surface area (Å²) in [4.78, 5) is 12.2. The molecule has 4 heteroatoms. The number of hydrogen-bond acceptors (Lipinski definition) is 3. The molecule has 0 unspecified atom stereocenters. The SMILES string of the molecule is COc1cc(/C=C/C(=O)c2ccccc2)ccc1OCc1ccccc1Cl. The van der Waals surface area contributed by atoms with Crippen molar-refractivity contribution in [2.24, 2.45) is 0 Å². The van der Waals surface area contributed by atoms with E-state index in [0.29, 0.717) is 28.7 Å². The van der Waals surface area contributed by atoms with Crippen molar-refractivity contribution < 1.29 is 14.3 Å². The van der Waals surface area contributed by atoms with Gasteiger partial charge in [-0.25, -0.2) is 0 Å². The van der Waals surface area contributed by atoms with Crippen molar-refractivity contribution in [3.63, 3.8) is 0 Å². The minimum Gasteiger partial charge on any atom is -0.493 e. The second-order valence-electron chi connectivity index (χ2n) is 5.85.